The predicted molar refractivity (Wildman–Crippen MR) is 103 cm³/mol. The number of carboxylic acid groups (broad SMARTS) is 1. The van der Waals surface area contributed by atoms with Gasteiger partial charge in [-0.15, -0.1) is 0 Å². The number of ether oxygens (including phenoxy) is 2. The first-order valence-electron chi connectivity index (χ1n) is 8.87. The molecule has 152 valence electrons. The lowest BCUT2D eigenvalue weighted by molar-refractivity contribution is -0.145. The zero-order valence-electron chi connectivity index (χ0n) is 15.7. The van der Waals surface area contributed by atoms with E-state index in [1.807, 2.05) is 0 Å². The van der Waals surface area contributed by atoms with E-state index in [0.717, 1.165) is 11.8 Å². The molecule has 3 N–H and O–H groups in total. The van der Waals surface area contributed by atoms with Gasteiger partial charge in [0.1, 0.15) is 17.1 Å². The summed E-state index contributed by atoms with van der Waals surface area (Å²) in [6.45, 7) is 4.81. The van der Waals surface area contributed by atoms with Crippen molar-refractivity contribution in [3.8, 4) is 0 Å². The summed E-state index contributed by atoms with van der Waals surface area (Å²) in [6.07, 6.45) is -1.97. The number of hydrogen-bond donors (Lipinski definition) is 3. The maximum absolute atomic E-state index is 12.3. The smallest absolute Gasteiger partial charge is 0.363 e. The molecule has 9 heteroatoms. The number of carbonyl (C=O) groups excluding carboxylic acids is 1. The molecule has 2 heterocycles. The Kier molecular flexibility index (Phi) is 5.81. The lowest BCUT2D eigenvalue weighted by atomic mass is 9.81. The van der Waals surface area contributed by atoms with Gasteiger partial charge in [0.15, 0.2) is 5.04 Å². The van der Waals surface area contributed by atoms with Crippen LogP contribution in [0, 0.1) is 0 Å². The number of aliphatic hydroxyl groups excluding tert-OH is 2. The molecule has 1 aromatic carbocycles. The highest BCUT2D eigenvalue weighted by molar-refractivity contribution is 8.16. The van der Waals surface area contributed by atoms with Crippen LogP contribution < -0.4 is 0 Å². The molecule has 1 aromatic rings. The molecule has 0 saturated carbocycles. The molecule has 8 nitrogen and oxygen atoms in total. The number of aromatic carboxylic acids is 1. The Bertz CT molecular complexity index is 804. The molecule has 0 radical (unpaired) electrons. The first-order chi connectivity index (χ1) is 13.1. The minimum Gasteiger partial charge on any atom is -0.478 e. The predicted octanol–water partition coefficient (Wildman–Crippen LogP) is 1.40. The Morgan fingerprint density at radius 3 is 2.57 bits per heavy atom. The second-order valence-electron chi connectivity index (χ2n) is 7.68. The van der Waals surface area contributed by atoms with Gasteiger partial charge < -0.3 is 24.8 Å². The van der Waals surface area contributed by atoms with Crippen LogP contribution in [-0.4, -0.2) is 68.2 Å². The van der Waals surface area contributed by atoms with Gasteiger partial charge in [-0.1, -0.05) is 30.0 Å². The Balaban J connectivity index is 1.92. The fraction of sp³-hybridized carbons (Fsp3) is 0.526. The summed E-state index contributed by atoms with van der Waals surface area (Å²) >= 11 is 1.04. The van der Waals surface area contributed by atoms with Gasteiger partial charge in [0.05, 0.1) is 24.4 Å². The monoisotopic (exact) mass is 409 g/mol. The Morgan fingerprint density at radius 2 is 1.96 bits per heavy atom. The van der Waals surface area contributed by atoms with Crippen molar-refractivity contribution in [1.29, 1.82) is 0 Å². The SMILES string of the molecule is CC(C)(C)OC(=O)C1=N[C@@H]2[C@H](O)[C@H](c3ccccc3C(=O)O)[C@H](CO)O[C@@H]2S1. The number of fused-ring (bicyclic) bond motifs is 1. The summed E-state index contributed by atoms with van der Waals surface area (Å²) in [5.74, 6) is -2.55. The van der Waals surface area contributed by atoms with E-state index < -0.39 is 53.8 Å². The van der Waals surface area contributed by atoms with Crippen molar-refractivity contribution in [1.82, 2.24) is 0 Å². The second kappa shape index (κ2) is 7.82. The van der Waals surface area contributed by atoms with E-state index in [1.54, 1.807) is 39.0 Å². The highest BCUT2D eigenvalue weighted by atomic mass is 32.2. The number of hydrogen-bond acceptors (Lipinski definition) is 8. The van der Waals surface area contributed by atoms with Crippen LogP contribution in [0.15, 0.2) is 29.3 Å². The van der Waals surface area contributed by atoms with E-state index >= 15 is 0 Å². The van der Waals surface area contributed by atoms with Crippen molar-refractivity contribution in [3.63, 3.8) is 0 Å². The van der Waals surface area contributed by atoms with Crippen molar-refractivity contribution in [2.24, 2.45) is 4.99 Å². The first kappa shape index (κ1) is 20.8. The second-order valence-corrected chi connectivity index (χ2v) is 8.77. The molecule has 0 bridgehead atoms. The standard InChI is InChI=1S/C19H23NO7S/c1-19(2,3)27-17(25)15-20-13-14(22)12(11(8-21)26-18(13)28-15)9-6-4-5-7-10(9)16(23)24/h4-7,11-14,18,21-22H,8H2,1-3H3,(H,23,24)/t11-,12+,13+,14+,18+/m0/s1. The summed E-state index contributed by atoms with van der Waals surface area (Å²) < 4.78 is 11.2. The van der Waals surface area contributed by atoms with E-state index in [1.165, 1.54) is 6.07 Å². The molecule has 1 fully saturated rings. The minimum atomic E-state index is -1.14. The Labute approximate surface area is 166 Å². The molecule has 0 aromatic heterocycles. The molecule has 2 aliphatic rings. The number of carbonyl (C=O) groups is 2. The highest BCUT2D eigenvalue weighted by Crippen LogP contribution is 2.43. The minimum absolute atomic E-state index is 0.0223. The molecule has 5 atom stereocenters. The largest absolute Gasteiger partial charge is 0.478 e. The van der Waals surface area contributed by atoms with E-state index in [-0.39, 0.29) is 10.6 Å². The van der Waals surface area contributed by atoms with Crippen molar-refractivity contribution in [3.05, 3.63) is 35.4 Å². The number of aliphatic hydroxyl groups is 2. The highest BCUT2D eigenvalue weighted by Gasteiger charge is 2.50. The molecule has 0 spiro atoms. The normalized spacial score (nSPS) is 29.8. The van der Waals surface area contributed by atoms with Gasteiger partial charge in [-0.25, -0.2) is 9.59 Å². The third kappa shape index (κ3) is 4.07. The quantitative estimate of drug-likeness (QED) is 0.637. The number of esters is 1. The molecule has 3 rings (SSSR count). The van der Waals surface area contributed by atoms with E-state index in [9.17, 15) is 24.9 Å². The van der Waals surface area contributed by atoms with Crippen molar-refractivity contribution >= 4 is 28.7 Å². The van der Waals surface area contributed by atoms with Gasteiger partial charge in [-0.05, 0) is 32.4 Å². The molecule has 0 amide bonds. The molecule has 28 heavy (non-hydrogen) atoms. The molecule has 0 aliphatic carbocycles. The van der Waals surface area contributed by atoms with Gasteiger partial charge in [0, 0.05) is 5.92 Å². The van der Waals surface area contributed by atoms with Gasteiger partial charge in [-0.2, -0.15) is 0 Å². The van der Waals surface area contributed by atoms with Crippen molar-refractivity contribution < 1.29 is 34.4 Å². The maximum Gasteiger partial charge on any atom is 0.363 e. The lowest BCUT2D eigenvalue weighted by Gasteiger charge is -2.41. The maximum atomic E-state index is 12.3. The summed E-state index contributed by atoms with van der Waals surface area (Å²) in [4.78, 5) is 28.2. The topological polar surface area (TPSA) is 126 Å². The molecular weight excluding hydrogens is 386 g/mol. The number of carboxylic acids is 1. The molecule has 0 unspecified atom stereocenters. The summed E-state index contributed by atoms with van der Waals surface area (Å²) in [5.41, 5.74) is -0.979. The lowest BCUT2D eigenvalue weighted by Crippen LogP contribution is -2.51. The van der Waals surface area contributed by atoms with Crippen LogP contribution in [0.2, 0.25) is 0 Å². The third-order valence-electron chi connectivity index (χ3n) is 4.50. The van der Waals surface area contributed by atoms with Gasteiger partial charge in [0.25, 0.3) is 0 Å². The van der Waals surface area contributed by atoms with Crippen molar-refractivity contribution in [2.75, 3.05) is 6.61 Å². The zero-order chi connectivity index (χ0) is 20.6. The van der Waals surface area contributed by atoms with Crippen molar-refractivity contribution in [2.45, 2.75) is 56.0 Å². The van der Waals surface area contributed by atoms with E-state index in [0.29, 0.717) is 5.56 Å². The Morgan fingerprint density at radius 1 is 1.29 bits per heavy atom. The first-order valence-corrected chi connectivity index (χ1v) is 9.74. The van der Waals surface area contributed by atoms with Crippen LogP contribution in [0.5, 0.6) is 0 Å². The van der Waals surface area contributed by atoms with Crippen LogP contribution in [0.3, 0.4) is 0 Å². The van der Waals surface area contributed by atoms with Gasteiger partial charge in [-0.3, -0.25) is 4.99 Å². The Hall–Kier alpha value is -1.94. The average Bonchev–Trinajstić information content (AvgIpc) is 3.05. The summed E-state index contributed by atoms with van der Waals surface area (Å²) in [7, 11) is 0. The van der Waals surface area contributed by atoms with Crippen LogP contribution in [-0.2, 0) is 14.3 Å². The molecule has 1 saturated heterocycles. The van der Waals surface area contributed by atoms with E-state index in [2.05, 4.69) is 4.99 Å². The van der Waals surface area contributed by atoms with Crippen LogP contribution in [0.1, 0.15) is 42.6 Å². The van der Waals surface area contributed by atoms with Gasteiger partial charge >= 0.3 is 11.9 Å². The number of thioether (sulfide) groups is 1. The van der Waals surface area contributed by atoms with Crippen LogP contribution in [0.4, 0.5) is 0 Å². The summed E-state index contributed by atoms with van der Waals surface area (Å²) in [5, 5.41) is 30.3. The zero-order valence-corrected chi connectivity index (χ0v) is 16.5. The fourth-order valence-electron chi connectivity index (χ4n) is 3.39. The molecular formula is C19H23NO7S. The fourth-order valence-corrected chi connectivity index (χ4v) is 4.49. The number of nitrogens with zero attached hydrogens (tertiary/aromatic N) is 1. The average molecular weight is 409 g/mol. The van der Waals surface area contributed by atoms with Gasteiger partial charge in [0.2, 0.25) is 0 Å². The number of aliphatic imine (C=N–C) groups is 1. The number of benzene rings is 1. The van der Waals surface area contributed by atoms with Crippen LogP contribution >= 0.6 is 11.8 Å². The van der Waals surface area contributed by atoms with Crippen LogP contribution in [0.25, 0.3) is 0 Å². The third-order valence-corrected chi connectivity index (χ3v) is 5.62. The molecule has 2 aliphatic heterocycles. The van der Waals surface area contributed by atoms with E-state index in [4.69, 9.17) is 9.47 Å². The number of rotatable bonds is 4. The summed E-state index contributed by atoms with van der Waals surface area (Å²) in [6, 6.07) is 5.49.